The maximum Gasteiger partial charge on any atom is 0.405 e. The van der Waals surface area contributed by atoms with Crippen molar-refractivity contribution in [3.05, 3.63) is 5.89 Å². The van der Waals surface area contributed by atoms with Crippen LogP contribution in [-0.4, -0.2) is 22.1 Å². The van der Waals surface area contributed by atoms with Crippen LogP contribution in [0, 0.1) is 24.2 Å². The van der Waals surface area contributed by atoms with Crippen LogP contribution in [0.2, 0.25) is 0 Å². The lowest BCUT2D eigenvalue weighted by Gasteiger charge is -2.10. The molecule has 1 atom stereocenters. The maximum absolute atomic E-state index is 12.1. The third-order valence-electron chi connectivity index (χ3n) is 1.43. The average molecular weight is 237 g/mol. The number of nitriles is 1. The Morgan fingerprint density at radius 1 is 1.53 bits per heavy atom. The Hall–Kier alpha value is -1.23. The first-order valence-electron chi connectivity index (χ1n) is 3.82. The van der Waals surface area contributed by atoms with Crippen LogP contribution in [0.25, 0.3) is 0 Å². The first-order chi connectivity index (χ1) is 6.93. The molecule has 15 heavy (non-hydrogen) atoms. The smallest absolute Gasteiger partial charge is 0.405 e. The molecule has 1 heterocycles. The van der Waals surface area contributed by atoms with E-state index >= 15 is 0 Å². The molecule has 0 fully saturated rings. The molecule has 0 saturated heterocycles. The van der Waals surface area contributed by atoms with E-state index in [1.165, 1.54) is 13.0 Å². The minimum Gasteiger partial charge on any atom is -0.416 e. The SMILES string of the molecule is Cc1nnc(SCC(C#N)C(F)(F)F)o1. The number of nitrogens with zero attached hydrogens (tertiary/aromatic N) is 3. The van der Waals surface area contributed by atoms with Gasteiger partial charge in [-0.1, -0.05) is 11.8 Å². The van der Waals surface area contributed by atoms with Crippen molar-refractivity contribution in [3.63, 3.8) is 0 Å². The van der Waals surface area contributed by atoms with Gasteiger partial charge >= 0.3 is 6.18 Å². The third-order valence-corrected chi connectivity index (χ3v) is 2.34. The second-order valence-electron chi connectivity index (χ2n) is 2.62. The van der Waals surface area contributed by atoms with Crippen LogP contribution in [-0.2, 0) is 0 Å². The molecule has 1 aromatic rings. The first-order valence-corrected chi connectivity index (χ1v) is 4.81. The summed E-state index contributed by atoms with van der Waals surface area (Å²) in [5, 5.41) is 15.3. The number of aryl methyl sites for hydroxylation is 1. The summed E-state index contributed by atoms with van der Waals surface area (Å²) in [6.45, 7) is 1.53. The van der Waals surface area contributed by atoms with Gasteiger partial charge < -0.3 is 4.42 Å². The molecule has 0 bridgehead atoms. The molecule has 0 aliphatic carbocycles. The molecule has 82 valence electrons. The van der Waals surface area contributed by atoms with Crippen LogP contribution in [0.5, 0.6) is 0 Å². The molecule has 0 amide bonds. The van der Waals surface area contributed by atoms with Crippen LogP contribution in [0.4, 0.5) is 13.2 Å². The largest absolute Gasteiger partial charge is 0.416 e. The van der Waals surface area contributed by atoms with Gasteiger partial charge in [0.15, 0.2) is 5.92 Å². The highest BCUT2D eigenvalue weighted by atomic mass is 32.2. The summed E-state index contributed by atoms with van der Waals surface area (Å²) in [6.07, 6.45) is -4.52. The van der Waals surface area contributed by atoms with Crippen LogP contribution in [0.3, 0.4) is 0 Å². The van der Waals surface area contributed by atoms with E-state index in [0.717, 1.165) is 11.8 Å². The monoisotopic (exact) mass is 237 g/mol. The van der Waals surface area contributed by atoms with E-state index in [0.29, 0.717) is 0 Å². The summed E-state index contributed by atoms with van der Waals surface area (Å²) in [4.78, 5) is 0. The predicted octanol–water partition coefficient (Wildman–Crippen LogP) is 2.17. The molecule has 0 saturated carbocycles. The van der Waals surface area contributed by atoms with Gasteiger partial charge in [0, 0.05) is 12.7 Å². The molecule has 8 heteroatoms. The van der Waals surface area contributed by atoms with E-state index in [2.05, 4.69) is 10.2 Å². The van der Waals surface area contributed by atoms with E-state index in [1.54, 1.807) is 0 Å². The second kappa shape index (κ2) is 4.53. The highest BCUT2D eigenvalue weighted by molar-refractivity contribution is 7.99. The fourth-order valence-corrected chi connectivity index (χ4v) is 1.55. The lowest BCUT2D eigenvalue weighted by Crippen LogP contribution is -2.23. The Bertz CT molecular complexity index is 370. The van der Waals surface area contributed by atoms with E-state index < -0.39 is 17.8 Å². The molecule has 1 rings (SSSR count). The van der Waals surface area contributed by atoms with Crippen molar-refractivity contribution in [2.75, 3.05) is 5.75 Å². The van der Waals surface area contributed by atoms with Gasteiger partial charge in [0.05, 0.1) is 6.07 Å². The lowest BCUT2D eigenvalue weighted by atomic mass is 10.2. The number of thioether (sulfide) groups is 1. The molecule has 1 aromatic heterocycles. The summed E-state index contributed by atoms with van der Waals surface area (Å²) in [6, 6.07) is 1.18. The van der Waals surface area contributed by atoms with Crippen LogP contribution in [0.1, 0.15) is 5.89 Å². The number of rotatable bonds is 3. The zero-order valence-corrected chi connectivity index (χ0v) is 8.39. The average Bonchev–Trinajstić information content (AvgIpc) is 2.50. The number of hydrogen-bond donors (Lipinski definition) is 0. The lowest BCUT2D eigenvalue weighted by molar-refractivity contribution is -0.152. The number of alkyl halides is 3. The van der Waals surface area contributed by atoms with E-state index in [-0.39, 0.29) is 11.1 Å². The van der Waals surface area contributed by atoms with E-state index in [1.807, 2.05) is 0 Å². The standard InChI is InChI=1S/C7H6F3N3OS/c1-4-12-13-6(14-4)15-3-5(2-11)7(8,9)10/h5H,3H2,1H3. The molecule has 0 radical (unpaired) electrons. The quantitative estimate of drug-likeness (QED) is 0.754. The molecule has 0 N–H and O–H groups in total. The Morgan fingerprint density at radius 3 is 2.60 bits per heavy atom. The van der Waals surface area contributed by atoms with Gasteiger partial charge in [0.25, 0.3) is 5.22 Å². The van der Waals surface area contributed by atoms with Crippen molar-refractivity contribution in [2.45, 2.75) is 18.3 Å². The zero-order chi connectivity index (χ0) is 11.5. The molecule has 0 aliphatic heterocycles. The summed E-state index contributed by atoms with van der Waals surface area (Å²) in [5.41, 5.74) is 0. The van der Waals surface area contributed by atoms with Gasteiger partial charge in [-0.3, -0.25) is 0 Å². The van der Waals surface area contributed by atoms with E-state index in [9.17, 15) is 13.2 Å². The predicted molar refractivity (Wildman–Crippen MR) is 44.9 cm³/mol. The van der Waals surface area contributed by atoms with E-state index in [4.69, 9.17) is 9.68 Å². The van der Waals surface area contributed by atoms with Crippen molar-refractivity contribution in [3.8, 4) is 6.07 Å². The van der Waals surface area contributed by atoms with Gasteiger partial charge in [-0.15, -0.1) is 10.2 Å². The normalized spacial score (nSPS) is 13.5. The Kier molecular flexibility index (Phi) is 3.57. The van der Waals surface area contributed by atoms with Crippen molar-refractivity contribution >= 4 is 11.8 Å². The van der Waals surface area contributed by atoms with Gasteiger partial charge in [0.2, 0.25) is 5.89 Å². The minimum atomic E-state index is -4.52. The molecule has 0 aromatic carbocycles. The maximum atomic E-state index is 12.1. The fourth-order valence-electron chi connectivity index (χ4n) is 0.696. The van der Waals surface area contributed by atoms with Gasteiger partial charge in [-0.2, -0.15) is 18.4 Å². The number of hydrogen-bond acceptors (Lipinski definition) is 5. The third kappa shape index (κ3) is 3.43. The number of halogens is 3. The van der Waals surface area contributed by atoms with Gasteiger partial charge in [0.1, 0.15) is 0 Å². The molecule has 0 spiro atoms. The minimum absolute atomic E-state index is 0.0389. The first kappa shape index (κ1) is 11.8. The van der Waals surface area contributed by atoms with Crippen molar-refractivity contribution in [1.82, 2.24) is 10.2 Å². The highest BCUT2D eigenvalue weighted by Gasteiger charge is 2.40. The summed E-state index contributed by atoms with van der Waals surface area (Å²) < 4.78 is 41.2. The molecular formula is C7H6F3N3OS. The second-order valence-corrected chi connectivity index (χ2v) is 3.59. The summed E-state index contributed by atoms with van der Waals surface area (Å²) in [7, 11) is 0. The van der Waals surface area contributed by atoms with Crippen LogP contribution < -0.4 is 0 Å². The molecule has 0 aliphatic rings. The summed E-state index contributed by atoms with van der Waals surface area (Å²) >= 11 is 0.718. The van der Waals surface area contributed by atoms with Gasteiger partial charge in [-0.25, -0.2) is 0 Å². The topological polar surface area (TPSA) is 62.7 Å². The number of aromatic nitrogens is 2. The molecule has 4 nitrogen and oxygen atoms in total. The Balaban J connectivity index is 2.53. The van der Waals surface area contributed by atoms with Crippen molar-refractivity contribution in [2.24, 2.45) is 5.92 Å². The summed E-state index contributed by atoms with van der Waals surface area (Å²) in [5.74, 6) is -2.19. The van der Waals surface area contributed by atoms with Crippen LogP contribution in [0.15, 0.2) is 9.64 Å². The Morgan fingerprint density at radius 2 is 2.20 bits per heavy atom. The molecule has 1 unspecified atom stereocenters. The highest BCUT2D eigenvalue weighted by Crippen LogP contribution is 2.30. The van der Waals surface area contributed by atoms with Crippen molar-refractivity contribution < 1.29 is 17.6 Å². The van der Waals surface area contributed by atoms with Crippen molar-refractivity contribution in [1.29, 1.82) is 5.26 Å². The molecular weight excluding hydrogens is 231 g/mol. The van der Waals surface area contributed by atoms with Gasteiger partial charge in [-0.05, 0) is 0 Å². The fraction of sp³-hybridized carbons (Fsp3) is 0.571. The zero-order valence-electron chi connectivity index (χ0n) is 7.58. The Labute approximate surface area is 87.5 Å². The van der Waals surface area contributed by atoms with Crippen LogP contribution >= 0.6 is 11.8 Å².